The molecular weight excluding hydrogens is 429 g/mol. The molecule has 15 heteroatoms. The summed E-state index contributed by atoms with van der Waals surface area (Å²) in [7, 11) is -4.23. The van der Waals surface area contributed by atoms with Crippen molar-refractivity contribution < 1.29 is 78.9 Å². The molecule has 0 aliphatic rings. The number of rotatable bonds is 12. The Labute approximate surface area is 213 Å². The van der Waals surface area contributed by atoms with Gasteiger partial charge in [0, 0.05) is 0 Å². The molecule has 0 aromatic heterocycles. The SMILES string of the molecule is CCCCCCCCCCCCOS(=O)(=O)O.O.O.O.O.O=[N+]([O-])O.[Ca+2].[Na+]. The van der Waals surface area contributed by atoms with Crippen LogP contribution < -0.4 is 29.6 Å². The van der Waals surface area contributed by atoms with Crippen molar-refractivity contribution in [1.82, 2.24) is 0 Å². The fourth-order valence-corrected chi connectivity index (χ4v) is 2.08. The molecule has 0 aromatic rings. The maximum atomic E-state index is 10.2. The van der Waals surface area contributed by atoms with Crippen LogP contribution in [0.5, 0.6) is 0 Å². The van der Waals surface area contributed by atoms with Crippen LogP contribution in [0, 0.1) is 10.1 Å². The Kier molecular flexibility index (Phi) is 71.7. The average Bonchev–Trinajstić information content (AvgIpc) is 2.34. The second kappa shape index (κ2) is 37.9. The Morgan fingerprint density at radius 2 is 1.11 bits per heavy atom. The molecule has 0 radical (unpaired) electrons. The van der Waals surface area contributed by atoms with Gasteiger partial charge in [-0.3, -0.25) is 4.55 Å². The van der Waals surface area contributed by atoms with Crippen molar-refractivity contribution in [2.75, 3.05) is 6.61 Å². The Hall–Kier alpha value is 1.17. The van der Waals surface area contributed by atoms with Crippen LogP contribution in [-0.4, -0.2) is 89.5 Å². The molecule has 160 valence electrons. The van der Waals surface area contributed by atoms with Gasteiger partial charge in [-0.15, -0.1) is 10.1 Å². The third-order valence-electron chi connectivity index (χ3n) is 2.73. The summed E-state index contributed by atoms with van der Waals surface area (Å²) in [5, 5.41) is 13.6. The summed E-state index contributed by atoms with van der Waals surface area (Å²) in [6, 6.07) is 0. The van der Waals surface area contributed by atoms with Gasteiger partial charge in [0.25, 0.3) is 5.09 Å². The molecule has 0 aliphatic carbocycles. The minimum absolute atomic E-state index is 0. The van der Waals surface area contributed by atoms with Crippen LogP contribution in [0.3, 0.4) is 0 Å². The van der Waals surface area contributed by atoms with E-state index in [9.17, 15) is 8.42 Å². The van der Waals surface area contributed by atoms with Crippen LogP contribution >= 0.6 is 0 Å². The van der Waals surface area contributed by atoms with E-state index >= 15 is 0 Å². The molecule has 0 aromatic carbocycles. The standard InChI is InChI=1S/C12H26O4S.Ca.HNO3.Na.4H2O/c1-2-3-4-5-6-7-8-9-10-11-12-16-17(13,14)15;;2-1(3)4;;;;;/h2-12H2,1H3,(H,13,14,15);;(H,2,3,4);;4*1H2/q;+2;;+1;;;;. The first kappa shape index (κ1) is 51.1. The smallest absolute Gasteiger partial charge is 0.412 e. The average molecular weight is 465 g/mol. The van der Waals surface area contributed by atoms with Crippen molar-refractivity contribution in [3.05, 3.63) is 10.1 Å². The first-order valence-corrected chi connectivity index (χ1v) is 8.61. The molecule has 10 N–H and O–H groups in total. The van der Waals surface area contributed by atoms with E-state index in [2.05, 4.69) is 11.1 Å². The zero-order chi connectivity index (χ0) is 16.6. The van der Waals surface area contributed by atoms with Gasteiger partial charge in [0.05, 0.1) is 6.61 Å². The predicted octanol–water partition coefficient (Wildman–Crippen LogP) is -3.30. The van der Waals surface area contributed by atoms with E-state index in [4.69, 9.17) is 19.9 Å². The largest absolute Gasteiger partial charge is 2.00 e. The van der Waals surface area contributed by atoms with Crippen molar-refractivity contribution in [2.45, 2.75) is 71.1 Å². The third-order valence-corrected chi connectivity index (χ3v) is 3.19. The molecule has 27 heavy (non-hydrogen) atoms. The van der Waals surface area contributed by atoms with Gasteiger partial charge in [0.1, 0.15) is 0 Å². The second-order valence-electron chi connectivity index (χ2n) is 4.67. The number of unbranched alkanes of at least 4 members (excludes halogenated alkanes) is 9. The summed E-state index contributed by atoms with van der Waals surface area (Å²) in [4.78, 5) is 8.36. The predicted molar refractivity (Wildman–Crippen MR) is 98.3 cm³/mol. The summed E-state index contributed by atoms with van der Waals surface area (Å²) in [5.41, 5.74) is 0. The number of hydrogen-bond donors (Lipinski definition) is 2. The molecular formula is C12H35CaNNaO11S+3. The van der Waals surface area contributed by atoms with E-state index in [0.717, 1.165) is 12.8 Å². The molecule has 0 amide bonds. The van der Waals surface area contributed by atoms with Gasteiger partial charge in [-0.05, 0) is 6.42 Å². The molecule has 0 spiro atoms. The Morgan fingerprint density at radius 1 is 0.852 bits per heavy atom. The number of hydrogen-bond acceptors (Lipinski definition) is 5. The number of nitrogens with zero attached hydrogens (tertiary/aromatic N) is 1. The summed E-state index contributed by atoms with van der Waals surface area (Å²) < 4.78 is 33.0. The fourth-order valence-electron chi connectivity index (χ4n) is 1.75. The minimum Gasteiger partial charge on any atom is -0.412 e. The van der Waals surface area contributed by atoms with Gasteiger partial charge >= 0.3 is 77.7 Å². The first-order valence-electron chi connectivity index (χ1n) is 7.24. The van der Waals surface area contributed by atoms with Crippen molar-refractivity contribution in [2.24, 2.45) is 0 Å². The normalized spacial score (nSPS) is 8.37. The van der Waals surface area contributed by atoms with Gasteiger partial charge in [0.15, 0.2) is 0 Å². The van der Waals surface area contributed by atoms with Crippen molar-refractivity contribution in [3.8, 4) is 0 Å². The molecule has 0 fully saturated rings. The topological polar surface area (TPSA) is 253 Å². The second-order valence-corrected chi connectivity index (χ2v) is 5.76. The Morgan fingerprint density at radius 3 is 1.37 bits per heavy atom. The van der Waals surface area contributed by atoms with E-state index in [1.54, 1.807) is 0 Å². The van der Waals surface area contributed by atoms with Crippen molar-refractivity contribution in [1.29, 1.82) is 0 Å². The molecule has 0 bridgehead atoms. The summed E-state index contributed by atoms with van der Waals surface area (Å²) in [6.45, 7) is 2.31. The Balaban J connectivity index is -0.0000000548. The first-order chi connectivity index (χ1) is 9.79. The van der Waals surface area contributed by atoms with Gasteiger partial charge in [-0.25, -0.2) is 4.18 Å². The monoisotopic (exact) mass is 464 g/mol. The summed E-state index contributed by atoms with van der Waals surface area (Å²) >= 11 is 0. The third kappa shape index (κ3) is 74.8. The fraction of sp³-hybridized carbons (Fsp3) is 1.00. The van der Waals surface area contributed by atoms with Crippen molar-refractivity contribution >= 4 is 48.1 Å². The molecule has 0 aliphatic heterocycles. The van der Waals surface area contributed by atoms with Crippen molar-refractivity contribution in [3.63, 3.8) is 0 Å². The van der Waals surface area contributed by atoms with E-state index in [1.165, 1.54) is 44.9 Å². The molecule has 12 nitrogen and oxygen atoms in total. The van der Waals surface area contributed by atoms with Gasteiger partial charge < -0.3 is 27.1 Å². The van der Waals surface area contributed by atoms with E-state index in [1.807, 2.05) is 0 Å². The van der Waals surface area contributed by atoms with E-state index < -0.39 is 15.5 Å². The summed E-state index contributed by atoms with van der Waals surface area (Å²) in [5.74, 6) is 0. The minimum atomic E-state index is -4.23. The van der Waals surface area contributed by atoms with Crippen LogP contribution in [0.25, 0.3) is 0 Å². The molecule has 0 saturated carbocycles. The molecule has 0 unspecified atom stereocenters. The maximum Gasteiger partial charge on any atom is 2.00 e. The van der Waals surface area contributed by atoms with Crippen LogP contribution in [0.4, 0.5) is 0 Å². The van der Waals surface area contributed by atoms with Crippen LogP contribution in [0.1, 0.15) is 71.1 Å². The van der Waals surface area contributed by atoms with Gasteiger partial charge in [0.2, 0.25) is 0 Å². The van der Waals surface area contributed by atoms with Crippen LogP contribution in [0.15, 0.2) is 0 Å². The molecule has 0 rings (SSSR count). The zero-order valence-electron chi connectivity index (χ0n) is 16.3. The molecule has 0 heterocycles. The van der Waals surface area contributed by atoms with Crippen LogP contribution in [0.2, 0.25) is 0 Å². The maximum absolute atomic E-state index is 10.2. The van der Waals surface area contributed by atoms with E-state index in [0.29, 0.717) is 6.42 Å². The Bertz CT molecular complexity index is 346. The van der Waals surface area contributed by atoms with Gasteiger partial charge in [-0.1, -0.05) is 64.7 Å². The molecule has 0 atom stereocenters. The molecule has 0 saturated heterocycles. The quantitative estimate of drug-likeness (QED) is 0.0976. The van der Waals surface area contributed by atoms with E-state index in [-0.39, 0.29) is 95.8 Å². The van der Waals surface area contributed by atoms with Gasteiger partial charge in [-0.2, -0.15) is 8.42 Å². The van der Waals surface area contributed by atoms with Crippen LogP contribution in [-0.2, 0) is 14.6 Å². The summed E-state index contributed by atoms with van der Waals surface area (Å²) in [6.07, 6.45) is 11.9. The zero-order valence-corrected chi connectivity index (χ0v) is 21.3.